The Labute approximate surface area is 126 Å². The van der Waals surface area contributed by atoms with Gasteiger partial charge in [0, 0.05) is 25.0 Å². The summed E-state index contributed by atoms with van der Waals surface area (Å²) >= 11 is 0.872. The Kier molecular flexibility index (Phi) is 3.83. The van der Waals surface area contributed by atoms with Crippen LogP contribution in [0.15, 0.2) is 23.2 Å². The number of nitrogens with zero attached hydrogens (tertiary/aromatic N) is 2. The van der Waals surface area contributed by atoms with Crippen LogP contribution in [0.5, 0.6) is 0 Å². The number of imide groups is 1. The monoisotopic (exact) mass is 305 g/mol. The summed E-state index contributed by atoms with van der Waals surface area (Å²) in [5, 5.41) is -0.384. The number of carbonyl (C=O) groups is 3. The summed E-state index contributed by atoms with van der Waals surface area (Å²) < 4.78 is 0. The van der Waals surface area contributed by atoms with Crippen molar-refractivity contribution in [1.82, 2.24) is 14.8 Å². The SMILES string of the molecule is O=C(CN1C(=O)S/C(=C/c2ccc[nH]2)C1=O)N1CCCC1. The van der Waals surface area contributed by atoms with E-state index in [4.69, 9.17) is 0 Å². The predicted octanol–water partition coefficient (Wildman–Crippen LogP) is 1.67. The van der Waals surface area contributed by atoms with Crippen molar-refractivity contribution in [2.75, 3.05) is 19.6 Å². The van der Waals surface area contributed by atoms with Crippen molar-refractivity contribution >= 4 is 34.9 Å². The highest BCUT2D eigenvalue weighted by Crippen LogP contribution is 2.31. The van der Waals surface area contributed by atoms with Crippen LogP contribution in [0.4, 0.5) is 4.79 Å². The van der Waals surface area contributed by atoms with Crippen LogP contribution in [-0.4, -0.2) is 51.5 Å². The summed E-state index contributed by atoms with van der Waals surface area (Å²) in [6.07, 6.45) is 5.35. The van der Waals surface area contributed by atoms with Crippen molar-refractivity contribution in [2.24, 2.45) is 0 Å². The van der Waals surface area contributed by atoms with Gasteiger partial charge in [-0.05, 0) is 42.8 Å². The normalized spacial score (nSPS) is 20.9. The zero-order valence-electron chi connectivity index (χ0n) is 11.4. The van der Waals surface area contributed by atoms with Crippen molar-refractivity contribution in [1.29, 1.82) is 0 Å². The topological polar surface area (TPSA) is 73.5 Å². The number of nitrogens with one attached hydrogen (secondary N) is 1. The first-order chi connectivity index (χ1) is 10.1. The fraction of sp³-hybridized carbons (Fsp3) is 0.357. The predicted molar refractivity (Wildman–Crippen MR) is 79.3 cm³/mol. The molecule has 3 amide bonds. The highest BCUT2D eigenvalue weighted by atomic mass is 32.2. The summed E-state index contributed by atoms with van der Waals surface area (Å²) in [5.74, 6) is -0.553. The lowest BCUT2D eigenvalue weighted by molar-refractivity contribution is -0.135. The number of aromatic nitrogens is 1. The van der Waals surface area contributed by atoms with Gasteiger partial charge in [-0.15, -0.1) is 0 Å². The largest absolute Gasteiger partial charge is 0.362 e. The second-order valence-electron chi connectivity index (χ2n) is 4.98. The third kappa shape index (κ3) is 2.87. The molecule has 7 heteroatoms. The maximum absolute atomic E-state index is 12.2. The molecule has 3 heterocycles. The molecule has 0 atom stereocenters. The van der Waals surface area contributed by atoms with Gasteiger partial charge >= 0.3 is 0 Å². The highest BCUT2D eigenvalue weighted by molar-refractivity contribution is 8.18. The van der Waals surface area contributed by atoms with Crippen molar-refractivity contribution in [3.05, 3.63) is 28.9 Å². The van der Waals surface area contributed by atoms with Crippen LogP contribution in [0.2, 0.25) is 0 Å². The number of thioether (sulfide) groups is 1. The highest BCUT2D eigenvalue weighted by Gasteiger charge is 2.37. The Morgan fingerprint density at radius 2 is 2.10 bits per heavy atom. The van der Waals surface area contributed by atoms with Gasteiger partial charge in [-0.3, -0.25) is 19.3 Å². The number of aromatic amines is 1. The number of likely N-dealkylation sites (tertiary alicyclic amines) is 1. The van der Waals surface area contributed by atoms with E-state index in [0.29, 0.717) is 18.0 Å². The van der Waals surface area contributed by atoms with E-state index in [1.54, 1.807) is 17.2 Å². The molecule has 1 aromatic heterocycles. The van der Waals surface area contributed by atoms with Crippen molar-refractivity contribution in [3.63, 3.8) is 0 Å². The summed E-state index contributed by atoms with van der Waals surface area (Å²) in [5.41, 5.74) is 0.756. The molecule has 2 saturated heterocycles. The lowest BCUT2D eigenvalue weighted by Crippen LogP contribution is -2.40. The Morgan fingerprint density at radius 1 is 1.33 bits per heavy atom. The van der Waals surface area contributed by atoms with Gasteiger partial charge in [0.15, 0.2) is 0 Å². The Balaban J connectivity index is 1.70. The van der Waals surface area contributed by atoms with Crippen LogP contribution >= 0.6 is 11.8 Å². The molecule has 21 heavy (non-hydrogen) atoms. The molecular formula is C14H15N3O3S. The fourth-order valence-corrected chi connectivity index (χ4v) is 3.24. The molecule has 0 aromatic carbocycles. The van der Waals surface area contributed by atoms with E-state index in [1.807, 2.05) is 12.1 Å². The van der Waals surface area contributed by atoms with E-state index in [1.165, 1.54) is 0 Å². The average molecular weight is 305 g/mol. The smallest absolute Gasteiger partial charge is 0.294 e. The summed E-state index contributed by atoms with van der Waals surface area (Å²) in [6.45, 7) is 1.27. The van der Waals surface area contributed by atoms with E-state index in [-0.39, 0.29) is 17.7 Å². The molecule has 2 fully saturated rings. The van der Waals surface area contributed by atoms with E-state index in [2.05, 4.69) is 4.98 Å². The third-order valence-electron chi connectivity index (χ3n) is 3.53. The van der Waals surface area contributed by atoms with Crippen molar-refractivity contribution in [3.8, 4) is 0 Å². The van der Waals surface area contributed by atoms with Gasteiger partial charge < -0.3 is 9.88 Å². The van der Waals surface area contributed by atoms with E-state index in [0.717, 1.165) is 35.2 Å². The van der Waals surface area contributed by atoms with Crippen LogP contribution < -0.4 is 0 Å². The summed E-state index contributed by atoms with van der Waals surface area (Å²) in [7, 11) is 0. The van der Waals surface area contributed by atoms with Crippen molar-refractivity contribution < 1.29 is 14.4 Å². The molecule has 110 valence electrons. The fourth-order valence-electron chi connectivity index (χ4n) is 2.41. The molecule has 0 bridgehead atoms. The lowest BCUT2D eigenvalue weighted by atomic mass is 10.3. The Hall–Kier alpha value is -2.02. The standard InChI is InChI=1S/C14H15N3O3S/c18-12(16-6-1-2-7-16)9-17-13(19)11(21-14(17)20)8-10-4-3-5-15-10/h3-5,8,15H,1-2,6-7,9H2/b11-8+. The summed E-state index contributed by atoms with van der Waals surface area (Å²) in [4.78, 5) is 42.2. The van der Waals surface area contributed by atoms with Crippen LogP contribution in [-0.2, 0) is 9.59 Å². The number of rotatable bonds is 3. The second kappa shape index (κ2) is 5.77. The maximum atomic E-state index is 12.2. The average Bonchev–Trinajstić information content (AvgIpc) is 3.18. The molecule has 2 aliphatic rings. The first-order valence-corrected chi connectivity index (χ1v) is 7.63. The first kappa shape index (κ1) is 13.9. The molecule has 0 spiro atoms. The van der Waals surface area contributed by atoms with Gasteiger partial charge in [-0.25, -0.2) is 0 Å². The Bertz CT molecular complexity index is 603. The van der Waals surface area contributed by atoms with Gasteiger partial charge in [-0.2, -0.15) is 0 Å². The van der Waals surface area contributed by atoms with Crippen LogP contribution in [0.3, 0.4) is 0 Å². The minimum Gasteiger partial charge on any atom is -0.362 e. The van der Waals surface area contributed by atoms with Gasteiger partial charge in [-0.1, -0.05) is 0 Å². The zero-order chi connectivity index (χ0) is 14.8. The molecule has 3 rings (SSSR count). The number of amides is 3. The first-order valence-electron chi connectivity index (χ1n) is 6.82. The number of H-pyrrole nitrogens is 1. The Morgan fingerprint density at radius 3 is 2.76 bits per heavy atom. The molecule has 6 nitrogen and oxygen atoms in total. The van der Waals surface area contributed by atoms with Crippen LogP contribution in [0, 0.1) is 0 Å². The quantitative estimate of drug-likeness (QED) is 0.862. The molecule has 0 saturated carbocycles. The molecule has 0 aliphatic carbocycles. The van der Waals surface area contributed by atoms with Gasteiger partial charge in [0.2, 0.25) is 5.91 Å². The maximum Gasteiger partial charge on any atom is 0.294 e. The minimum atomic E-state index is -0.396. The van der Waals surface area contributed by atoms with Crippen LogP contribution in [0.25, 0.3) is 6.08 Å². The second-order valence-corrected chi connectivity index (χ2v) is 5.97. The van der Waals surface area contributed by atoms with Crippen molar-refractivity contribution in [2.45, 2.75) is 12.8 Å². The molecule has 1 N–H and O–H groups in total. The number of carbonyl (C=O) groups excluding carboxylic acids is 3. The third-order valence-corrected chi connectivity index (χ3v) is 4.44. The molecule has 2 aliphatic heterocycles. The van der Waals surface area contributed by atoms with E-state index in [9.17, 15) is 14.4 Å². The van der Waals surface area contributed by atoms with Gasteiger partial charge in [0.05, 0.1) is 4.91 Å². The number of hydrogen-bond acceptors (Lipinski definition) is 4. The number of hydrogen-bond donors (Lipinski definition) is 1. The minimum absolute atomic E-state index is 0.157. The lowest BCUT2D eigenvalue weighted by Gasteiger charge is -2.18. The zero-order valence-corrected chi connectivity index (χ0v) is 12.2. The van der Waals surface area contributed by atoms with E-state index >= 15 is 0 Å². The molecule has 0 radical (unpaired) electrons. The summed E-state index contributed by atoms with van der Waals surface area (Å²) in [6, 6.07) is 3.62. The van der Waals surface area contributed by atoms with Gasteiger partial charge in [0.25, 0.3) is 11.1 Å². The van der Waals surface area contributed by atoms with E-state index < -0.39 is 5.91 Å². The molecular weight excluding hydrogens is 290 g/mol. The van der Waals surface area contributed by atoms with Gasteiger partial charge in [0.1, 0.15) is 6.54 Å². The molecule has 0 unspecified atom stereocenters. The molecule has 1 aromatic rings. The van der Waals surface area contributed by atoms with Crippen LogP contribution in [0.1, 0.15) is 18.5 Å².